The quantitative estimate of drug-likeness (QED) is 0.322. The van der Waals surface area contributed by atoms with Crippen LogP contribution in [0.1, 0.15) is 89.7 Å². The van der Waals surface area contributed by atoms with Gasteiger partial charge in [-0.15, -0.1) is 0 Å². The van der Waals surface area contributed by atoms with Gasteiger partial charge in [-0.25, -0.2) is 9.59 Å². The molecule has 0 bridgehead atoms. The lowest BCUT2D eigenvalue weighted by Gasteiger charge is -2.30. The van der Waals surface area contributed by atoms with Crippen LogP contribution >= 0.6 is 0 Å². The van der Waals surface area contributed by atoms with Crippen LogP contribution in [0, 0.1) is 11.8 Å². The summed E-state index contributed by atoms with van der Waals surface area (Å²) in [5.41, 5.74) is -0.0700. The monoisotopic (exact) mass is 677 g/mol. The van der Waals surface area contributed by atoms with Crippen LogP contribution in [-0.2, 0) is 41.7 Å². The minimum atomic E-state index is -1.34. The number of carbonyl (C=O) groups excluding carboxylic acids is 6. The van der Waals surface area contributed by atoms with Crippen LogP contribution < -0.4 is 16.0 Å². The molecule has 0 aromatic heterocycles. The second kappa shape index (κ2) is 13.8. The number of ether oxygens (including phenoxy) is 2. The Labute approximate surface area is 286 Å². The number of allylic oxidation sites excluding steroid dienone is 1. The molecule has 13 nitrogen and oxygen atoms in total. The molecule has 3 fully saturated rings. The van der Waals surface area contributed by atoms with Crippen molar-refractivity contribution in [2.45, 2.75) is 121 Å². The van der Waals surface area contributed by atoms with Crippen LogP contribution in [0.4, 0.5) is 9.59 Å². The number of nitrogens with one attached hydrogen (secondary N) is 3. The fourth-order valence-corrected chi connectivity index (χ4v) is 6.97. The molecule has 5 aliphatic rings. The van der Waals surface area contributed by atoms with Crippen LogP contribution in [0.5, 0.6) is 0 Å². The number of imide groups is 1. The average Bonchev–Trinajstić information content (AvgIpc) is 3.92. The van der Waals surface area contributed by atoms with Crippen LogP contribution in [-0.4, -0.2) is 81.5 Å². The van der Waals surface area contributed by atoms with Crippen molar-refractivity contribution in [2.75, 3.05) is 6.54 Å². The maximum absolute atomic E-state index is 14.3. The molecule has 3 aliphatic heterocycles. The van der Waals surface area contributed by atoms with E-state index in [-0.39, 0.29) is 30.7 Å². The van der Waals surface area contributed by atoms with E-state index in [1.165, 1.54) is 4.90 Å². The number of hydrogen-bond donors (Lipinski definition) is 3. The van der Waals surface area contributed by atoms with Crippen molar-refractivity contribution in [1.82, 2.24) is 25.8 Å². The Morgan fingerprint density at radius 3 is 2.37 bits per heavy atom. The Morgan fingerprint density at radius 1 is 0.980 bits per heavy atom. The molecular formula is C36H47N5O8. The second-order valence-electron chi connectivity index (χ2n) is 15.0. The van der Waals surface area contributed by atoms with Gasteiger partial charge in [0.05, 0.1) is 6.54 Å². The van der Waals surface area contributed by atoms with Crippen molar-refractivity contribution >= 4 is 35.8 Å². The molecule has 13 heteroatoms. The Hall–Kier alpha value is -4.42. The lowest BCUT2D eigenvalue weighted by atomic mass is 10.0. The van der Waals surface area contributed by atoms with Crippen molar-refractivity contribution in [3.63, 3.8) is 0 Å². The summed E-state index contributed by atoms with van der Waals surface area (Å²) in [6, 6.07) is 5.66. The van der Waals surface area contributed by atoms with Crippen molar-refractivity contribution in [3.05, 3.63) is 47.5 Å². The second-order valence-corrected chi connectivity index (χ2v) is 15.0. The van der Waals surface area contributed by atoms with Crippen LogP contribution in [0.25, 0.3) is 0 Å². The minimum Gasteiger partial charge on any atom is -0.444 e. The van der Waals surface area contributed by atoms with Gasteiger partial charge in [0.25, 0.3) is 5.91 Å². The van der Waals surface area contributed by atoms with E-state index >= 15 is 0 Å². The number of carbonyl (C=O) groups is 6. The molecule has 0 radical (unpaired) electrons. The molecule has 3 heterocycles. The van der Waals surface area contributed by atoms with E-state index in [2.05, 4.69) is 16.0 Å². The minimum absolute atomic E-state index is 0.00245. The zero-order valence-corrected chi connectivity index (χ0v) is 28.5. The summed E-state index contributed by atoms with van der Waals surface area (Å²) in [4.78, 5) is 83.6. The molecule has 1 aromatic carbocycles. The first-order valence-electron chi connectivity index (χ1n) is 17.5. The zero-order chi connectivity index (χ0) is 34.9. The Morgan fingerprint density at radius 2 is 1.69 bits per heavy atom. The van der Waals surface area contributed by atoms with E-state index in [0.29, 0.717) is 32.4 Å². The van der Waals surface area contributed by atoms with Gasteiger partial charge in [0.2, 0.25) is 17.7 Å². The first kappa shape index (κ1) is 34.4. The van der Waals surface area contributed by atoms with Crippen LogP contribution in [0.3, 0.4) is 0 Å². The van der Waals surface area contributed by atoms with Crippen molar-refractivity contribution in [3.8, 4) is 0 Å². The highest BCUT2D eigenvalue weighted by atomic mass is 16.6. The lowest BCUT2D eigenvalue weighted by Crippen LogP contribution is -2.58. The van der Waals surface area contributed by atoms with Gasteiger partial charge in [0.1, 0.15) is 29.3 Å². The maximum atomic E-state index is 14.3. The van der Waals surface area contributed by atoms with E-state index in [1.807, 2.05) is 36.4 Å². The molecule has 49 heavy (non-hydrogen) atoms. The standard InChI is InChI=1S/C36H47N5O8/c1-35(2,3)49-33(46)37-27-14-8-6-4-5-7-13-25-18-36(25,32(45)38-29(42)22-15-16-22)39-30(43)28-17-26(21-41(28)31(27)44)48-34(47)40-19-23-11-9-10-12-24(23)20-40/h7,9-13,22,25-28H,4-6,8,14-21H2,1-3H3,(H,37,46)(H,39,43)(H,38,42,45)/b13-7-/t25-,26+,27-,28-,36+/m0/s1. The van der Waals surface area contributed by atoms with Crippen molar-refractivity contribution < 1.29 is 38.2 Å². The molecule has 0 unspecified atom stereocenters. The molecule has 6 rings (SSSR count). The van der Waals surface area contributed by atoms with E-state index in [1.54, 1.807) is 25.7 Å². The predicted octanol–water partition coefficient (Wildman–Crippen LogP) is 3.45. The fourth-order valence-electron chi connectivity index (χ4n) is 6.97. The average molecular weight is 678 g/mol. The molecule has 6 amide bonds. The molecule has 1 saturated heterocycles. The van der Waals surface area contributed by atoms with Gasteiger partial charge in [-0.05, 0) is 70.4 Å². The van der Waals surface area contributed by atoms with Gasteiger partial charge in [-0.3, -0.25) is 29.4 Å². The normalized spacial score (nSPS) is 29.2. The predicted molar refractivity (Wildman–Crippen MR) is 176 cm³/mol. The SMILES string of the molecule is CC(C)(C)OC(=O)N[C@H]1CCCCC/C=C\[C@H]2C[C@@]2(C(=O)NC(=O)C2CC2)NC(=O)[C@@H]2C[C@@H](OC(=O)N3Cc4ccccc4C3)CN2C1=O. The Bertz CT molecular complexity index is 1510. The number of amides is 6. The summed E-state index contributed by atoms with van der Waals surface area (Å²) in [7, 11) is 0. The van der Waals surface area contributed by atoms with E-state index in [9.17, 15) is 28.8 Å². The summed E-state index contributed by atoms with van der Waals surface area (Å²) in [5, 5.41) is 8.14. The zero-order valence-electron chi connectivity index (χ0n) is 28.5. The molecule has 2 saturated carbocycles. The summed E-state index contributed by atoms with van der Waals surface area (Å²) >= 11 is 0. The molecule has 264 valence electrons. The maximum Gasteiger partial charge on any atom is 0.410 e. The molecule has 5 atom stereocenters. The topological polar surface area (TPSA) is 163 Å². The van der Waals surface area contributed by atoms with Gasteiger partial charge in [-0.1, -0.05) is 49.3 Å². The molecule has 0 spiro atoms. The summed E-state index contributed by atoms with van der Waals surface area (Å²) in [6.07, 6.45) is 6.88. The number of rotatable bonds is 4. The number of fused-ring (bicyclic) bond motifs is 3. The third-order valence-corrected chi connectivity index (χ3v) is 9.89. The summed E-state index contributed by atoms with van der Waals surface area (Å²) in [5.74, 6) is -2.50. The Kier molecular flexibility index (Phi) is 9.72. The smallest absolute Gasteiger partial charge is 0.410 e. The van der Waals surface area contributed by atoms with E-state index in [0.717, 1.165) is 43.2 Å². The lowest BCUT2D eigenvalue weighted by molar-refractivity contribution is -0.141. The van der Waals surface area contributed by atoms with Crippen molar-refractivity contribution in [2.24, 2.45) is 11.8 Å². The first-order valence-corrected chi connectivity index (χ1v) is 17.5. The largest absolute Gasteiger partial charge is 0.444 e. The van der Waals surface area contributed by atoms with Gasteiger partial charge >= 0.3 is 12.2 Å². The summed E-state index contributed by atoms with van der Waals surface area (Å²) < 4.78 is 11.4. The van der Waals surface area contributed by atoms with E-state index < -0.39 is 59.2 Å². The third kappa shape index (κ3) is 8.08. The number of alkyl carbamates (subject to hydrolysis) is 1. The molecular weight excluding hydrogens is 630 g/mol. The number of nitrogens with zero attached hydrogens (tertiary/aromatic N) is 2. The van der Waals surface area contributed by atoms with Crippen LogP contribution in [0.15, 0.2) is 36.4 Å². The highest BCUT2D eigenvalue weighted by Gasteiger charge is 2.61. The van der Waals surface area contributed by atoms with Gasteiger partial charge in [-0.2, -0.15) is 0 Å². The van der Waals surface area contributed by atoms with Crippen LogP contribution in [0.2, 0.25) is 0 Å². The third-order valence-electron chi connectivity index (χ3n) is 9.89. The highest BCUT2D eigenvalue weighted by Crippen LogP contribution is 2.46. The number of hydrogen-bond acceptors (Lipinski definition) is 8. The number of benzene rings is 1. The van der Waals surface area contributed by atoms with Gasteiger partial charge < -0.3 is 25.0 Å². The first-order chi connectivity index (χ1) is 23.3. The van der Waals surface area contributed by atoms with E-state index in [4.69, 9.17) is 9.47 Å². The Balaban J connectivity index is 1.24. The fraction of sp³-hybridized carbons (Fsp3) is 0.611. The van der Waals surface area contributed by atoms with Gasteiger partial charge in [0, 0.05) is 31.3 Å². The molecule has 3 N–H and O–H groups in total. The molecule has 2 aliphatic carbocycles. The molecule has 1 aromatic rings. The van der Waals surface area contributed by atoms with Gasteiger partial charge in [0.15, 0.2) is 0 Å². The van der Waals surface area contributed by atoms with Crippen molar-refractivity contribution in [1.29, 1.82) is 0 Å². The highest BCUT2D eigenvalue weighted by molar-refractivity contribution is 6.06. The summed E-state index contributed by atoms with van der Waals surface area (Å²) in [6.45, 7) is 5.90.